The van der Waals surface area contributed by atoms with Gasteiger partial charge in [0.05, 0.1) is 12.3 Å². The number of hydrogen-bond donors (Lipinski definition) is 1. The van der Waals surface area contributed by atoms with E-state index in [1.165, 1.54) is 11.1 Å². The predicted octanol–water partition coefficient (Wildman–Crippen LogP) is 4.37. The maximum atomic E-state index is 5.72. The summed E-state index contributed by atoms with van der Waals surface area (Å²) in [6, 6.07) is 10.5. The van der Waals surface area contributed by atoms with Crippen molar-refractivity contribution >= 4 is 17.4 Å². The lowest BCUT2D eigenvalue weighted by atomic mass is 10.1. The summed E-state index contributed by atoms with van der Waals surface area (Å²) in [5.74, 6) is 2.96. The summed E-state index contributed by atoms with van der Waals surface area (Å²) in [4.78, 5) is 0. The third-order valence-electron chi connectivity index (χ3n) is 2.98. The average molecular weight is 261 g/mol. The molecule has 2 rings (SSSR count). The van der Waals surface area contributed by atoms with Crippen LogP contribution in [0.5, 0.6) is 0 Å². The summed E-state index contributed by atoms with van der Waals surface area (Å²) >= 11 is 1.77. The van der Waals surface area contributed by atoms with E-state index in [9.17, 15) is 0 Å². The number of aryl methyl sites for hydroxylation is 2. The SMILES string of the molecule is CSCc1ccc(CNc2ccc(C)c(C)c2)o1. The molecule has 1 heterocycles. The number of hydrogen-bond acceptors (Lipinski definition) is 3. The van der Waals surface area contributed by atoms with Gasteiger partial charge in [-0.05, 0) is 55.5 Å². The molecule has 1 aromatic heterocycles. The van der Waals surface area contributed by atoms with E-state index in [0.29, 0.717) is 0 Å². The van der Waals surface area contributed by atoms with E-state index in [1.807, 2.05) is 12.1 Å². The fourth-order valence-corrected chi connectivity index (χ4v) is 2.22. The van der Waals surface area contributed by atoms with Crippen LogP contribution in [0.3, 0.4) is 0 Å². The van der Waals surface area contributed by atoms with Crippen LogP contribution in [-0.2, 0) is 12.3 Å². The van der Waals surface area contributed by atoms with Crippen molar-refractivity contribution in [3.05, 3.63) is 53.0 Å². The molecule has 0 atom stereocenters. The Morgan fingerprint density at radius 1 is 1.06 bits per heavy atom. The van der Waals surface area contributed by atoms with Gasteiger partial charge in [0.2, 0.25) is 0 Å². The summed E-state index contributed by atoms with van der Waals surface area (Å²) in [5, 5.41) is 3.38. The summed E-state index contributed by atoms with van der Waals surface area (Å²) < 4.78 is 5.72. The molecule has 0 bridgehead atoms. The van der Waals surface area contributed by atoms with Gasteiger partial charge in [0, 0.05) is 5.69 Å². The zero-order valence-corrected chi connectivity index (χ0v) is 11.9. The number of thioether (sulfide) groups is 1. The van der Waals surface area contributed by atoms with Gasteiger partial charge in [-0.1, -0.05) is 6.07 Å². The van der Waals surface area contributed by atoms with Gasteiger partial charge in [-0.15, -0.1) is 0 Å². The van der Waals surface area contributed by atoms with Gasteiger partial charge in [-0.2, -0.15) is 11.8 Å². The van der Waals surface area contributed by atoms with Gasteiger partial charge in [-0.25, -0.2) is 0 Å². The molecular weight excluding hydrogens is 242 g/mol. The van der Waals surface area contributed by atoms with Crippen molar-refractivity contribution in [1.82, 2.24) is 0 Å². The molecule has 0 unspecified atom stereocenters. The maximum absolute atomic E-state index is 5.72. The van der Waals surface area contributed by atoms with Crippen molar-refractivity contribution in [2.24, 2.45) is 0 Å². The molecule has 0 amide bonds. The third-order valence-corrected chi connectivity index (χ3v) is 3.55. The Kier molecular flexibility index (Phi) is 4.37. The van der Waals surface area contributed by atoms with Crippen LogP contribution in [-0.4, -0.2) is 6.26 Å². The number of anilines is 1. The zero-order chi connectivity index (χ0) is 13.0. The first kappa shape index (κ1) is 13.1. The van der Waals surface area contributed by atoms with Crippen LogP contribution in [0.4, 0.5) is 5.69 Å². The van der Waals surface area contributed by atoms with Crippen LogP contribution >= 0.6 is 11.8 Å². The minimum atomic E-state index is 0.733. The van der Waals surface area contributed by atoms with Crippen LogP contribution in [0.1, 0.15) is 22.6 Å². The van der Waals surface area contributed by atoms with Crippen LogP contribution in [0.2, 0.25) is 0 Å². The molecule has 0 saturated carbocycles. The molecule has 0 fully saturated rings. The minimum Gasteiger partial charge on any atom is -0.463 e. The lowest BCUT2D eigenvalue weighted by Gasteiger charge is -2.07. The van der Waals surface area contributed by atoms with E-state index in [0.717, 1.165) is 29.5 Å². The van der Waals surface area contributed by atoms with Crippen LogP contribution in [0.25, 0.3) is 0 Å². The van der Waals surface area contributed by atoms with E-state index >= 15 is 0 Å². The van der Waals surface area contributed by atoms with Gasteiger partial charge >= 0.3 is 0 Å². The molecule has 18 heavy (non-hydrogen) atoms. The largest absolute Gasteiger partial charge is 0.463 e. The summed E-state index contributed by atoms with van der Waals surface area (Å²) in [6.07, 6.45) is 2.08. The highest BCUT2D eigenvalue weighted by molar-refractivity contribution is 7.97. The summed E-state index contributed by atoms with van der Waals surface area (Å²) in [6.45, 7) is 4.99. The van der Waals surface area contributed by atoms with E-state index in [-0.39, 0.29) is 0 Å². The zero-order valence-electron chi connectivity index (χ0n) is 11.1. The lowest BCUT2D eigenvalue weighted by molar-refractivity contribution is 0.487. The number of rotatable bonds is 5. The second-order valence-electron chi connectivity index (χ2n) is 4.45. The van der Waals surface area contributed by atoms with E-state index in [4.69, 9.17) is 4.42 Å². The molecule has 2 nitrogen and oxygen atoms in total. The van der Waals surface area contributed by atoms with E-state index < -0.39 is 0 Å². The van der Waals surface area contributed by atoms with Gasteiger partial charge in [0.1, 0.15) is 11.5 Å². The molecule has 1 aromatic carbocycles. The monoisotopic (exact) mass is 261 g/mol. The molecule has 3 heteroatoms. The molecular formula is C15H19NOS. The van der Waals surface area contributed by atoms with Gasteiger partial charge in [0.15, 0.2) is 0 Å². The molecule has 0 aliphatic carbocycles. The summed E-state index contributed by atoms with van der Waals surface area (Å²) in [7, 11) is 0. The second kappa shape index (κ2) is 6.01. The van der Waals surface area contributed by atoms with Crippen LogP contribution < -0.4 is 5.32 Å². The summed E-state index contributed by atoms with van der Waals surface area (Å²) in [5.41, 5.74) is 3.77. The third kappa shape index (κ3) is 3.33. The van der Waals surface area contributed by atoms with Crippen molar-refractivity contribution in [2.45, 2.75) is 26.1 Å². The van der Waals surface area contributed by atoms with E-state index in [1.54, 1.807) is 11.8 Å². The Morgan fingerprint density at radius 2 is 1.83 bits per heavy atom. The Labute approximate surface area is 113 Å². The van der Waals surface area contributed by atoms with E-state index in [2.05, 4.69) is 43.6 Å². The van der Waals surface area contributed by atoms with Crippen molar-refractivity contribution < 1.29 is 4.42 Å². The Bertz CT molecular complexity index is 519. The molecule has 1 N–H and O–H groups in total. The minimum absolute atomic E-state index is 0.733. The Morgan fingerprint density at radius 3 is 2.56 bits per heavy atom. The van der Waals surface area contributed by atoms with Gasteiger partial charge < -0.3 is 9.73 Å². The number of nitrogens with one attached hydrogen (secondary N) is 1. The molecule has 96 valence electrons. The smallest absolute Gasteiger partial charge is 0.123 e. The molecule has 0 aliphatic heterocycles. The maximum Gasteiger partial charge on any atom is 0.123 e. The standard InChI is InChI=1S/C15H19NOS/c1-11-4-5-13(8-12(11)2)16-9-14-6-7-15(17-14)10-18-3/h4-8,16H,9-10H2,1-3H3. The highest BCUT2D eigenvalue weighted by Crippen LogP contribution is 2.17. The van der Waals surface area contributed by atoms with Crippen LogP contribution in [0, 0.1) is 13.8 Å². The van der Waals surface area contributed by atoms with Gasteiger partial charge in [-0.3, -0.25) is 0 Å². The Balaban J connectivity index is 1.95. The highest BCUT2D eigenvalue weighted by Gasteiger charge is 2.02. The highest BCUT2D eigenvalue weighted by atomic mass is 32.2. The predicted molar refractivity (Wildman–Crippen MR) is 79.2 cm³/mol. The lowest BCUT2D eigenvalue weighted by Crippen LogP contribution is -1.98. The van der Waals surface area contributed by atoms with Gasteiger partial charge in [0.25, 0.3) is 0 Å². The molecule has 0 saturated heterocycles. The Hall–Kier alpha value is -1.35. The molecule has 0 aliphatic rings. The fourth-order valence-electron chi connectivity index (χ4n) is 1.78. The van der Waals surface area contributed by atoms with Crippen molar-refractivity contribution in [3.63, 3.8) is 0 Å². The quantitative estimate of drug-likeness (QED) is 0.865. The van der Waals surface area contributed by atoms with Crippen molar-refractivity contribution in [3.8, 4) is 0 Å². The first-order chi connectivity index (χ1) is 8.69. The van der Waals surface area contributed by atoms with Crippen molar-refractivity contribution in [1.29, 1.82) is 0 Å². The first-order valence-electron chi connectivity index (χ1n) is 6.06. The molecule has 2 aromatic rings. The normalized spacial score (nSPS) is 10.6. The first-order valence-corrected chi connectivity index (χ1v) is 7.46. The molecule has 0 radical (unpaired) electrons. The van der Waals surface area contributed by atoms with Crippen molar-refractivity contribution in [2.75, 3.05) is 11.6 Å². The van der Waals surface area contributed by atoms with Crippen LogP contribution in [0.15, 0.2) is 34.7 Å². The molecule has 0 spiro atoms. The fraction of sp³-hybridized carbons (Fsp3) is 0.333. The topological polar surface area (TPSA) is 25.2 Å². The number of furan rings is 1. The second-order valence-corrected chi connectivity index (χ2v) is 5.32. The average Bonchev–Trinajstić information content (AvgIpc) is 2.79. The number of benzene rings is 1.